The molecule has 17 heavy (non-hydrogen) atoms. The number of hydrogen-bond acceptors (Lipinski definition) is 2. The van der Waals surface area contributed by atoms with Gasteiger partial charge in [0.25, 0.3) is 0 Å². The molecule has 0 radical (unpaired) electrons. The molecule has 1 atom stereocenters. The Morgan fingerprint density at radius 3 is 2.47 bits per heavy atom. The van der Waals surface area contributed by atoms with Crippen molar-refractivity contribution in [2.45, 2.75) is 38.2 Å². The quantitative estimate of drug-likeness (QED) is 0.845. The number of piperidine rings is 1. The minimum absolute atomic E-state index is 0.291. The van der Waals surface area contributed by atoms with E-state index in [4.69, 9.17) is 0 Å². The van der Waals surface area contributed by atoms with Gasteiger partial charge in [0.15, 0.2) is 0 Å². The van der Waals surface area contributed by atoms with Crippen LogP contribution in [0.15, 0.2) is 30.3 Å². The molecule has 94 valence electrons. The van der Waals surface area contributed by atoms with E-state index in [9.17, 15) is 5.11 Å². The lowest BCUT2D eigenvalue weighted by atomic mass is 10.0. The SMILES string of the molecule is O[C@H](CCCN1CCCCC1)c1ccccc1. The molecule has 1 aliphatic rings. The molecule has 0 unspecified atom stereocenters. The Morgan fingerprint density at radius 1 is 1.06 bits per heavy atom. The number of likely N-dealkylation sites (tertiary alicyclic amines) is 1. The summed E-state index contributed by atoms with van der Waals surface area (Å²) in [5.74, 6) is 0. The van der Waals surface area contributed by atoms with Crippen molar-refractivity contribution in [2.24, 2.45) is 0 Å². The van der Waals surface area contributed by atoms with Crippen LogP contribution in [0.4, 0.5) is 0 Å². The zero-order valence-electron chi connectivity index (χ0n) is 10.5. The van der Waals surface area contributed by atoms with E-state index in [-0.39, 0.29) is 6.10 Å². The van der Waals surface area contributed by atoms with Gasteiger partial charge in [0.2, 0.25) is 0 Å². The van der Waals surface area contributed by atoms with Gasteiger partial charge in [-0.2, -0.15) is 0 Å². The zero-order chi connectivity index (χ0) is 11.9. The maximum Gasteiger partial charge on any atom is 0.0790 e. The lowest BCUT2D eigenvalue weighted by Gasteiger charge is -2.26. The van der Waals surface area contributed by atoms with E-state index in [1.165, 1.54) is 32.4 Å². The number of benzene rings is 1. The molecule has 2 rings (SSSR count). The molecule has 1 saturated heterocycles. The fourth-order valence-corrected chi connectivity index (χ4v) is 2.53. The highest BCUT2D eigenvalue weighted by molar-refractivity contribution is 5.16. The molecule has 1 aliphatic heterocycles. The van der Waals surface area contributed by atoms with Gasteiger partial charge in [-0.1, -0.05) is 36.8 Å². The van der Waals surface area contributed by atoms with Crippen LogP contribution in [0.1, 0.15) is 43.8 Å². The Morgan fingerprint density at radius 2 is 1.76 bits per heavy atom. The molecule has 1 fully saturated rings. The Bertz CT molecular complexity index is 306. The second kappa shape index (κ2) is 6.77. The third-order valence-electron chi connectivity index (χ3n) is 3.58. The van der Waals surface area contributed by atoms with Gasteiger partial charge in [0.05, 0.1) is 6.10 Å². The topological polar surface area (TPSA) is 23.5 Å². The maximum atomic E-state index is 10.0. The molecule has 0 aliphatic carbocycles. The first-order valence-corrected chi connectivity index (χ1v) is 6.81. The van der Waals surface area contributed by atoms with Gasteiger partial charge in [-0.05, 0) is 50.9 Å². The Balaban J connectivity index is 1.67. The highest BCUT2D eigenvalue weighted by atomic mass is 16.3. The minimum Gasteiger partial charge on any atom is -0.388 e. The van der Waals surface area contributed by atoms with Crippen molar-refractivity contribution in [3.05, 3.63) is 35.9 Å². The van der Waals surface area contributed by atoms with Crippen molar-refractivity contribution in [1.29, 1.82) is 0 Å². The molecule has 0 spiro atoms. The molecule has 1 heterocycles. The molecule has 2 nitrogen and oxygen atoms in total. The van der Waals surface area contributed by atoms with Gasteiger partial charge in [0, 0.05) is 0 Å². The highest BCUT2D eigenvalue weighted by Gasteiger charge is 2.11. The molecule has 0 saturated carbocycles. The normalized spacial score (nSPS) is 19.1. The fourth-order valence-electron chi connectivity index (χ4n) is 2.53. The second-order valence-corrected chi connectivity index (χ2v) is 4.97. The van der Waals surface area contributed by atoms with Gasteiger partial charge in [-0.3, -0.25) is 0 Å². The maximum absolute atomic E-state index is 10.0. The summed E-state index contributed by atoms with van der Waals surface area (Å²) < 4.78 is 0. The van der Waals surface area contributed by atoms with Crippen LogP contribution in [0, 0.1) is 0 Å². The van der Waals surface area contributed by atoms with Gasteiger partial charge in [-0.25, -0.2) is 0 Å². The van der Waals surface area contributed by atoms with Crippen LogP contribution in [-0.2, 0) is 0 Å². The first-order chi connectivity index (χ1) is 8.36. The molecule has 1 aromatic carbocycles. The predicted molar refractivity (Wildman–Crippen MR) is 70.9 cm³/mol. The van der Waals surface area contributed by atoms with Gasteiger partial charge < -0.3 is 10.0 Å². The summed E-state index contributed by atoms with van der Waals surface area (Å²) in [5, 5.41) is 10.0. The van der Waals surface area contributed by atoms with E-state index in [0.717, 1.165) is 24.9 Å². The summed E-state index contributed by atoms with van der Waals surface area (Å²) in [6.07, 6.45) is 5.77. The van der Waals surface area contributed by atoms with Crippen LogP contribution in [0.3, 0.4) is 0 Å². The smallest absolute Gasteiger partial charge is 0.0790 e. The lowest BCUT2D eigenvalue weighted by molar-refractivity contribution is 0.151. The van der Waals surface area contributed by atoms with Crippen molar-refractivity contribution in [1.82, 2.24) is 4.90 Å². The molecule has 2 heteroatoms. The third-order valence-corrected chi connectivity index (χ3v) is 3.58. The van der Waals surface area contributed by atoms with E-state index in [2.05, 4.69) is 4.90 Å². The summed E-state index contributed by atoms with van der Waals surface area (Å²) in [5.41, 5.74) is 1.05. The Labute approximate surface area is 104 Å². The largest absolute Gasteiger partial charge is 0.388 e. The van der Waals surface area contributed by atoms with Crippen LogP contribution in [0.2, 0.25) is 0 Å². The van der Waals surface area contributed by atoms with Crippen LogP contribution in [0.5, 0.6) is 0 Å². The van der Waals surface area contributed by atoms with Crippen LogP contribution in [0.25, 0.3) is 0 Å². The molecule has 1 aromatic rings. The standard InChI is InChI=1S/C15H23NO/c17-15(14-8-3-1-4-9-14)10-7-13-16-11-5-2-6-12-16/h1,3-4,8-9,15,17H,2,5-7,10-13H2/t15-/m1/s1. The number of hydrogen-bond donors (Lipinski definition) is 1. The van der Waals surface area contributed by atoms with Crippen LogP contribution < -0.4 is 0 Å². The molecular weight excluding hydrogens is 210 g/mol. The van der Waals surface area contributed by atoms with E-state index in [1.54, 1.807) is 0 Å². The van der Waals surface area contributed by atoms with E-state index >= 15 is 0 Å². The van der Waals surface area contributed by atoms with Crippen molar-refractivity contribution < 1.29 is 5.11 Å². The summed E-state index contributed by atoms with van der Waals surface area (Å²) in [7, 11) is 0. The van der Waals surface area contributed by atoms with E-state index < -0.39 is 0 Å². The summed E-state index contributed by atoms with van der Waals surface area (Å²) in [6, 6.07) is 9.98. The second-order valence-electron chi connectivity index (χ2n) is 4.97. The molecule has 0 amide bonds. The van der Waals surface area contributed by atoms with E-state index in [1.807, 2.05) is 30.3 Å². The minimum atomic E-state index is -0.291. The highest BCUT2D eigenvalue weighted by Crippen LogP contribution is 2.18. The monoisotopic (exact) mass is 233 g/mol. The predicted octanol–water partition coefficient (Wildman–Crippen LogP) is 2.99. The van der Waals surface area contributed by atoms with Crippen molar-refractivity contribution in [3.8, 4) is 0 Å². The number of rotatable bonds is 5. The van der Waals surface area contributed by atoms with Gasteiger partial charge in [-0.15, -0.1) is 0 Å². The first kappa shape index (κ1) is 12.6. The van der Waals surface area contributed by atoms with Crippen molar-refractivity contribution in [3.63, 3.8) is 0 Å². The molecule has 0 aromatic heterocycles. The van der Waals surface area contributed by atoms with Crippen molar-refractivity contribution in [2.75, 3.05) is 19.6 Å². The zero-order valence-corrected chi connectivity index (χ0v) is 10.5. The average molecular weight is 233 g/mol. The molecule has 1 N–H and O–H groups in total. The Kier molecular flexibility index (Phi) is 5.02. The number of aliphatic hydroxyl groups is 1. The summed E-state index contributed by atoms with van der Waals surface area (Å²) in [4.78, 5) is 2.53. The summed E-state index contributed by atoms with van der Waals surface area (Å²) in [6.45, 7) is 3.65. The molecular formula is C15H23NO. The third kappa shape index (κ3) is 4.14. The Hall–Kier alpha value is -0.860. The average Bonchev–Trinajstić information content (AvgIpc) is 2.41. The van der Waals surface area contributed by atoms with Crippen LogP contribution in [-0.4, -0.2) is 29.6 Å². The first-order valence-electron chi connectivity index (χ1n) is 6.81. The van der Waals surface area contributed by atoms with E-state index in [0.29, 0.717) is 0 Å². The lowest BCUT2D eigenvalue weighted by Crippen LogP contribution is -2.30. The number of nitrogens with zero attached hydrogens (tertiary/aromatic N) is 1. The summed E-state index contributed by atoms with van der Waals surface area (Å²) >= 11 is 0. The fraction of sp³-hybridized carbons (Fsp3) is 0.600. The van der Waals surface area contributed by atoms with Crippen LogP contribution >= 0.6 is 0 Å². The number of aliphatic hydroxyl groups excluding tert-OH is 1. The van der Waals surface area contributed by atoms with Gasteiger partial charge >= 0.3 is 0 Å². The van der Waals surface area contributed by atoms with Gasteiger partial charge in [0.1, 0.15) is 0 Å². The molecule has 0 bridgehead atoms. The van der Waals surface area contributed by atoms with Crippen molar-refractivity contribution >= 4 is 0 Å².